The topological polar surface area (TPSA) is 82.6 Å². The van der Waals surface area contributed by atoms with E-state index in [1.807, 2.05) is 24.3 Å². The number of nitrogens with one attached hydrogen (secondary N) is 1. The summed E-state index contributed by atoms with van der Waals surface area (Å²) in [6.07, 6.45) is -3.07. The van der Waals surface area contributed by atoms with Gasteiger partial charge in [-0.1, -0.05) is 24.3 Å². The van der Waals surface area contributed by atoms with E-state index in [0.29, 0.717) is 22.9 Å². The third-order valence-corrected chi connectivity index (χ3v) is 7.66. The molecule has 11 heteroatoms. The van der Waals surface area contributed by atoms with E-state index in [1.165, 1.54) is 18.5 Å². The van der Waals surface area contributed by atoms with Crippen LogP contribution in [0.4, 0.5) is 18.9 Å². The monoisotopic (exact) mass is 531 g/mol. The first-order valence-electron chi connectivity index (χ1n) is 11.5. The van der Waals surface area contributed by atoms with Gasteiger partial charge in [0, 0.05) is 5.69 Å². The van der Waals surface area contributed by atoms with Crippen molar-refractivity contribution in [2.45, 2.75) is 25.8 Å². The molecule has 1 heterocycles. The van der Waals surface area contributed by atoms with Crippen LogP contribution in [0.25, 0.3) is 10.9 Å². The molecule has 0 saturated carbocycles. The van der Waals surface area contributed by atoms with E-state index < -0.39 is 25.1 Å². The predicted molar refractivity (Wildman–Crippen MR) is 135 cm³/mol. The molecule has 0 aliphatic rings. The largest absolute Gasteiger partial charge is 0.438 e. The second kappa shape index (κ2) is 11.3. The smallest absolute Gasteiger partial charge is 0.416 e. The minimum absolute atomic E-state index is 0.0930. The van der Waals surface area contributed by atoms with Crippen molar-refractivity contribution >= 4 is 24.2 Å². The number of alkyl halides is 3. The fourth-order valence-electron chi connectivity index (χ4n) is 3.70. The third-order valence-electron chi connectivity index (χ3n) is 5.37. The van der Waals surface area contributed by atoms with Crippen molar-refractivity contribution in [2.75, 3.05) is 18.5 Å². The third kappa shape index (κ3) is 6.28. The predicted octanol–water partition coefficient (Wildman–Crippen LogP) is 7.82. The van der Waals surface area contributed by atoms with E-state index in [0.717, 1.165) is 23.0 Å². The SMILES string of the molecule is CCOP(=O)(OCC)C(Nc1ccc(Oc2ncnc3ccccc23)cc1)c1ccc(C(F)(F)F)cc1. The number of benzene rings is 3. The number of aromatic nitrogens is 2. The first-order chi connectivity index (χ1) is 17.7. The molecule has 3 aromatic carbocycles. The van der Waals surface area contributed by atoms with Crippen molar-refractivity contribution in [3.63, 3.8) is 0 Å². The Morgan fingerprint density at radius 2 is 1.54 bits per heavy atom. The molecule has 0 radical (unpaired) electrons. The van der Waals surface area contributed by atoms with Gasteiger partial charge in [0.1, 0.15) is 12.1 Å². The zero-order valence-corrected chi connectivity index (χ0v) is 21.0. The molecule has 0 amide bonds. The molecule has 0 aliphatic carbocycles. The van der Waals surface area contributed by atoms with Gasteiger partial charge < -0.3 is 19.1 Å². The van der Waals surface area contributed by atoms with Crippen molar-refractivity contribution in [2.24, 2.45) is 0 Å². The van der Waals surface area contributed by atoms with Gasteiger partial charge in [-0.15, -0.1) is 0 Å². The molecule has 0 bridgehead atoms. The van der Waals surface area contributed by atoms with Crippen LogP contribution in [0.5, 0.6) is 11.6 Å². The summed E-state index contributed by atoms with van der Waals surface area (Å²) in [4.78, 5) is 8.43. The zero-order valence-electron chi connectivity index (χ0n) is 20.1. The molecule has 0 fully saturated rings. The van der Waals surface area contributed by atoms with Gasteiger partial charge in [-0.2, -0.15) is 13.2 Å². The lowest BCUT2D eigenvalue weighted by molar-refractivity contribution is -0.137. The van der Waals surface area contributed by atoms with Crippen LogP contribution < -0.4 is 10.1 Å². The number of para-hydroxylation sites is 1. The quantitative estimate of drug-likeness (QED) is 0.209. The zero-order chi connectivity index (χ0) is 26.5. The van der Waals surface area contributed by atoms with Gasteiger partial charge in [0.05, 0.1) is 29.7 Å². The van der Waals surface area contributed by atoms with Crippen LogP contribution in [0.15, 0.2) is 79.1 Å². The molecule has 37 heavy (non-hydrogen) atoms. The Kier molecular flexibility index (Phi) is 8.12. The summed E-state index contributed by atoms with van der Waals surface area (Å²) < 4.78 is 69.9. The molecular formula is C26H25F3N3O4P. The first-order valence-corrected chi connectivity index (χ1v) is 13.1. The first kappa shape index (κ1) is 26.6. The number of rotatable bonds is 10. The van der Waals surface area contributed by atoms with Crippen LogP contribution in [0, 0.1) is 0 Å². The van der Waals surface area contributed by atoms with E-state index in [1.54, 1.807) is 38.1 Å². The highest BCUT2D eigenvalue weighted by Gasteiger charge is 2.38. The average molecular weight is 531 g/mol. The summed E-state index contributed by atoms with van der Waals surface area (Å²) in [5.41, 5.74) is 0.791. The Hall–Kier alpha value is -3.46. The van der Waals surface area contributed by atoms with Crippen LogP contribution in [0.1, 0.15) is 30.8 Å². The van der Waals surface area contributed by atoms with E-state index in [4.69, 9.17) is 13.8 Å². The van der Waals surface area contributed by atoms with Crippen molar-refractivity contribution in [3.8, 4) is 11.6 Å². The van der Waals surface area contributed by atoms with Gasteiger partial charge in [-0.05, 0) is 67.9 Å². The Bertz CT molecular complexity index is 1370. The Morgan fingerprint density at radius 3 is 2.16 bits per heavy atom. The van der Waals surface area contributed by atoms with Crippen molar-refractivity contribution in [1.29, 1.82) is 0 Å². The molecule has 4 rings (SSSR count). The number of hydrogen-bond acceptors (Lipinski definition) is 7. The normalized spacial score (nSPS) is 12.9. The summed E-state index contributed by atoms with van der Waals surface area (Å²) in [6.45, 7) is 3.52. The lowest BCUT2D eigenvalue weighted by atomic mass is 10.1. The highest BCUT2D eigenvalue weighted by molar-refractivity contribution is 7.54. The number of fused-ring (bicyclic) bond motifs is 1. The molecule has 0 spiro atoms. The molecule has 0 saturated heterocycles. The number of halogens is 3. The molecule has 1 atom stereocenters. The second-order valence-corrected chi connectivity index (χ2v) is 9.98. The molecule has 4 aromatic rings. The van der Waals surface area contributed by atoms with Crippen molar-refractivity contribution < 1.29 is 31.5 Å². The minimum Gasteiger partial charge on any atom is -0.438 e. The van der Waals surface area contributed by atoms with Crippen molar-refractivity contribution in [1.82, 2.24) is 9.97 Å². The number of nitrogens with zero attached hydrogens (tertiary/aromatic N) is 2. The second-order valence-electron chi connectivity index (χ2n) is 7.86. The lowest BCUT2D eigenvalue weighted by Crippen LogP contribution is -2.16. The molecule has 0 aliphatic heterocycles. The van der Waals surface area contributed by atoms with Gasteiger partial charge in [0.25, 0.3) is 0 Å². The van der Waals surface area contributed by atoms with Crippen LogP contribution in [0.2, 0.25) is 0 Å². The Morgan fingerprint density at radius 1 is 0.892 bits per heavy atom. The maximum absolute atomic E-state index is 13.7. The summed E-state index contributed by atoms with van der Waals surface area (Å²) >= 11 is 0. The Balaban J connectivity index is 1.61. The molecule has 1 unspecified atom stereocenters. The van der Waals surface area contributed by atoms with Gasteiger partial charge in [0.2, 0.25) is 5.88 Å². The summed E-state index contributed by atoms with van der Waals surface area (Å²) in [5, 5.41) is 3.86. The highest BCUT2D eigenvalue weighted by Crippen LogP contribution is 2.61. The number of anilines is 1. The summed E-state index contributed by atoms with van der Waals surface area (Å²) in [7, 11) is -3.81. The molecule has 1 N–H and O–H groups in total. The molecule has 194 valence electrons. The molecule has 7 nitrogen and oxygen atoms in total. The highest BCUT2D eigenvalue weighted by atomic mass is 31.2. The standard InChI is InChI=1S/C26H25F3N3O4P/c1-3-34-37(33,35-4-2)25(18-9-11-19(12-10-18)26(27,28)29)32-20-13-15-21(16-14-20)36-24-22-7-5-6-8-23(22)30-17-31-24/h5-17,25,32H,3-4H2,1-2H3. The van der Waals surface area contributed by atoms with E-state index in [9.17, 15) is 17.7 Å². The van der Waals surface area contributed by atoms with Crippen molar-refractivity contribution in [3.05, 3.63) is 90.3 Å². The molecular weight excluding hydrogens is 506 g/mol. The van der Waals surface area contributed by atoms with Gasteiger partial charge >= 0.3 is 13.8 Å². The fraction of sp³-hybridized carbons (Fsp3) is 0.231. The Labute approximate surface area is 212 Å². The summed E-state index contributed by atoms with van der Waals surface area (Å²) in [6, 6.07) is 18.6. The van der Waals surface area contributed by atoms with Crippen LogP contribution in [-0.4, -0.2) is 23.2 Å². The van der Waals surface area contributed by atoms with Gasteiger partial charge in [0.15, 0.2) is 5.78 Å². The van der Waals surface area contributed by atoms with E-state index in [-0.39, 0.29) is 13.2 Å². The van der Waals surface area contributed by atoms with Crippen LogP contribution in [0.3, 0.4) is 0 Å². The van der Waals surface area contributed by atoms with Crippen LogP contribution in [-0.2, 0) is 19.8 Å². The lowest BCUT2D eigenvalue weighted by Gasteiger charge is -2.28. The van der Waals surface area contributed by atoms with E-state index in [2.05, 4.69) is 15.3 Å². The minimum atomic E-state index is -4.49. The number of ether oxygens (including phenoxy) is 1. The van der Waals surface area contributed by atoms with Crippen LogP contribution >= 0.6 is 7.60 Å². The number of hydrogen-bond donors (Lipinski definition) is 1. The van der Waals surface area contributed by atoms with Gasteiger partial charge in [-0.3, -0.25) is 4.57 Å². The average Bonchev–Trinajstić information content (AvgIpc) is 2.88. The fourth-order valence-corrected chi connectivity index (χ4v) is 5.63. The maximum atomic E-state index is 13.7. The van der Waals surface area contributed by atoms with Gasteiger partial charge in [-0.25, -0.2) is 9.97 Å². The maximum Gasteiger partial charge on any atom is 0.416 e. The summed E-state index contributed by atoms with van der Waals surface area (Å²) in [5.74, 6) is -0.156. The van der Waals surface area contributed by atoms with E-state index >= 15 is 0 Å². The molecule has 1 aromatic heterocycles.